The molecule has 1 amide bonds. The Labute approximate surface area is 150 Å². The van der Waals surface area contributed by atoms with Crippen molar-refractivity contribution in [3.63, 3.8) is 0 Å². The van der Waals surface area contributed by atoms with Crippen LogP contribution in [0.3, 0.4) is 0 Å². The number of carbonyl (C=O) groups excluding carboxylic acids is 1. The van der Waals surface area contributed by atoms with Gasteiger partial charge in [0.15, 0.2) is 0 Å². The van der Waals surface area contributed by atoms with E-state index in [1.807, 2.05) is 18.4 Å². The first kappa shape index (κ1) is 17.4. The predicted molar refractivity (Wildman–Crippen MR) is 102 cm³/mol. The van der Waals surface area contributed by atoms with E-state index in [1.165, 1.54) is 33.4 Å². The minimum absolute atomic E-state index is 0.00993. The van der Waals surface area contributed by atoms with E-state index < -0.39 is 0 Å². The van der Waals surface area contributed by atoms with E-state index in [0.29, 0.717) is 16.8 Å². The van der Waals surface area contributed by atoms with Crippen molar-refractivity contribution in [2.24, 2.45) is 0 Å². The molecule has 0 aliphatic heterocycles. The molecule has 2 heterocycles. The van der Waals surface area contributed by atoms with Gasteiger partial charge in [-0.1, -0.05) is 25.1 Å². The molecule has 0 unspecified atom stereocenters. The summed E-state index contributed by atoms with van der Waals surface area (Å²) in [7, 11) is 0. The van der Waals surface area contributed by atoms with E-state index in [-0.39, 0.29) is 18.0 Å². The standard InChI is InChI=1S/C19H21N3O2S/c1-4-7-20-16(23)9-22-11-21-18-17(19(22)24)15(10-25-18)14-6-5-12(2)13(3)8-14/h5-6,8,10-11H,4,7,9H2,1-3H3,(H,20,23). The number of thiophene rings is 1. The molecule has 2 aromatic heterocycles. The minimum atomic E-state index is -0.175. The van der Waals surface area contributed by atoms with Gasteiger partial charge in [0.2, 0.25) is 5.91 Å². The van der Waals surface area contributed by atoms with Crippen LogP contribution in [0.25, 0.3) is 21.3 Å². The molecule has 0 saturated carbocycles. The molecule has 5 nitrogen and oxygen atoms in total. The van der Waals surface area contributed by atoms with Gasteiger partial charge in [-0.25, -0.2) is 4.98 Å². The van der Waals surface area contributed by atoms with Crippen LogP contribution in [0.2, 0.25) is 0 Å². The number of benzene rings is 1. The number of carbonyl (C=O) groups is 1. The predicted octanol–water partition coefficient (Wildman–Crippen LogP) is 3.27. The van der Waals surface area contributed by atoms with E-state index in [0.717, 1.165) is 17.5 Å². The maximum Gasteiger partial charge on any atom is 0.263 e. The normalized spacial score (nSPS) is 11.0. The first-order valence-electron chi connectivity index (χ1n) is 8.32. The third kappa shape index (κ3) is 3.49. The summed E-state index contributed by atoms with van der Waals surface area (Å²) < 4.78 is 1.38. The van der Waals surface area contributed by atoms with Crippen LogP contribution in [0, 0.1) is 13.8 Å². The summed E-state index contributed by atoms with van der Waals surface area (Å²) in [5, 5.41) is 5.33. The van der Waals surface area contributed by atoms with Crippen LogP contribution in [0.15, 0.2) is 34.7 Å². The van der Waals surface area contributed by atoms with Crippen LogP contribution in [0.1, 0.15) is 24.5 Å². The van der Waals surface area contributed by atoms with Crippen LogP contribution in [0.5, 0.6) is 0 Å². The Bertz CT molecular complexity index is 988. The topological polar surface area (TPSA) is 64.0 Å². The number of hydrogen-bond donors (Lipinski definition) is 1. The molecule has 0 radical (unpaired) electrons. The van der Waals surface area contributed by atoms with Crippen molar-refractivity contribution in [3.05, 3.63) is 51.4 Å². The number of fused-ring (bicyclic) bond motifs is 1. The SMILES string of the molecule is CCCNC(=O)Cn1cnc2scc(-c3ccc(C)c(C)c3)c2c1=O. The molecule has 3 aromatic rings. The highest BCUT2D eigenvalue weighted by Gasteiger charge is 2.15. The van der Waals surface area contributed by atoms with Crippen LogP contribution < -0.4 is 10.9 Å². The molecule has 3 rings (SSSR count). The van der Waals surface area contributed by atoms with Gasteiger partial charge in [0.05, 0.1) is 11.7 Å². The summed E-state index contributed by atoms with van der Waals surface area (Å²) in [5.74, 6) is -0.173. The maximum atomic E-state index is 12.9. The van der Waals surface area contributed by atoms with Crippen molar-refractivity contribution in [2.45, 2.75) is 33.7 Å². The van der Waals surface area contributed by atoms with Crippen LogP contribution in [-0.4, -0.2) is 22.0 Å². The Morgan fingerprint density at radius 1 is 1.28 bits per heavy atom. The van der Waals surface area contributed by atoms with Crippen molar-refractivity contribution in [2.75, 3.05) is 6.54 Å². The Morgan fingerprint density at radius 3 is 2.80 bits per heavy atom. The molecule has 0 spiro atoms. The first-order valence-corrected chi connectivity index (χ1v) is 9.20. The van der Waals surface area contributed by atoms with Gasteiger partial charge in [0.1, 0.15) is 11.4 Å². The molecule has 0 atom stereocenters. The summed E-state index contributed by atoms with van der Waals surface area (Å²) in [6.07, 6.45) is 2.32. The first-order chi connectivity index (χ1) is 12.0. The second kappa shape index (κ2) is 7.19. The smallest absolute Gasteiger partial charge is 0.263 e. The molecule has 0 saturated heterocycles. The molecule has 0 aliphatic carbocycles. The van der Waals surface area contributed by atoms with Gasteiger partial charge in [-0.3, -0.25) is 14.2 Å². The summed E-state index contributed by atoms with van der Waals surface area (Å²) in [6.45, 7) is 6.71. The van der Waals surface area contributed by atoms with Crippen LogP contribution >= 0.6 is 11.3 Å². The zero-order chi connectivity index (χ0) is 18.0. The third-order valence-electron chi connectivity index (χ3n) is 4.26. The third-order valence-corrected chi connectivity index (χ3v) is 5.15. The molecule has 0 aliphatic rings. The molecule has 0 bridgehead atoms. The molecule has 1 N–H and O–H groups in total. The molecular weight excluding hydrogens is 334 g/mol. The highest BCUT2D eigenvalue weighted by molar-refractivity contribution is 7.17. The average molecular weight is 355 g/mol. The molecular formula is C19H21N3O2S. The molecule has 6 heteroatoms. The quantitative estimate of drug-likeness (QED) is 0.764. The van der Waals surface area contributed by atoms with Gasteiger partial charge >= 0.3 is 0 Å². The fourth-order valence-corrected chi connectivity index (χ4v) is 3.58. The van der Waals surface area contributed by atoms with Gasteiger partial charge in [-0.15, -0.1) is 11.3 Å². The number of hydrogen-bond acceptors (Lipinski definition) is 4. The van der Waals surface area contributed by atoms with Gasteiger partial charge < -0.3 is 5.32 Å². The summed E-state index contributed by atoms with van der Waals surface area (Å²) >= 11 is 1.45. The van der Waals surface area contributed by atoms with E-state index in [4.69, 9.17) is 0 Å². The number of amides is 1. The van der Waals surface area contributed by atoms with Gasteiger partial charge in [0, 0.05) is 17.5 Å². The van der Waals surface area contributed by atoms with E-state index in [2.05, 4.69) is 36.3 Å². The summed E-state index contributed by atoms with van der Waals surface area (Å²) in [6, 6.07) is 6.16. The molecule has 1 aromatic carbocycles. The highest BCUT2D eigenvalue weighted by Crippen LogP contribution is 2.31. The minimum Gasteiger partial charge on any atom is -0.355 e. The monoisotopic (exact) mass is 355 g/mol. The van der Waals surface area contributed by atoms with E-state index in [1.54, 1.807) is 0 Å². The number of nitrogens with one attached hydrogen (secondary N) is 1. The van der Waals surface area contributed by atoms with Crippen LogP contribution in [-0.2, 0) is 11.3 Å². The lowest BCUT2D eigenvalue weighted by molar-refractivity contribution is -0.121. The van der Waals surface area contributed by atoms with E-state index in [9.17, 15) is 9.59 Å². The lowest BCUT2D eigenvalue weighted by Gasteiger charge is -2.07. The summed E-state index contributed by atoms with van der Waals surface area (Å²) in [5.41, 5.74) is 4.10. The Balaban J connectivity index is 2.04. The lowest BCUT2D eigenvalue weighted by atomic mass is 10.0. The van der Waals surface area contributed by atoms with Crippen molar-refractivity contribution >= 4 is 27.5 Å². The van der Waals surface area contributed by atoms with Gasteiger partial charge in [-0.2, -0.15) is 0 Å². The molecule has 130 valence electrons. The largest absolute Gasteiger partial charge is 0.355 e. The second-order valence-corrected chi connectivity index (χ2v) is 7.01. The molecule has 25 heavy (non-hydrogen) atoms. The fraction of sp³-hybridized carbons (Fsp3) is 0.316. The number of aryl methyl sites for hydroxylation is 2. The molecule has 0 fully saturated rings. The van der Waals surface area contributed by atoms with E-state index >= 15 is 0 Å². The average Bonchev–Trinajstić information content (AvgIpc) is 3.03. The van der Waals surface area contributed by atoms with Crippen molar-refractivity contribution in [3.8, 4) is 11.1 Å². The zero-order valence-corrected chi connectivity index (χ0v) is 15.4. The summed E-state index contributed by atoms with van der Waals surface area (Å²) in [4.78, 5) is 29.9. The number of rotatable bonds is 5. The Kier molecular flexibility index (Phi) is 4.99. The van der Waals surface area contributed by atoms with Crippen molar-refractivity contribution in [1.82, 2.24) is 14.9 Å². The van der Waals surface area contributed by atoms with Crippen LogP contribution in [0.4, 0.5) is 0 Å². The van der Waals surface area contributed by atoms with Crippen molar-refractivity contribution in [1.29, 1.82) is 0 Å². The Hall–Kier alpha value is -2.47. The lowest BCUT2D eigenvalue weighted by Crippen LogP contribution is -2.32. The van der Waals surface area contributed by atoms with Crippen molar-refractivity contribution < 1.29 is 4.79 Å². The van der Waals surface area contributed by atoms with Gasteiger partial charge in [0.25, 0.3) is 5.56 Å². The number of nitrogens with zero attached hydrogens (tertiary/aromatic N) is 2. The fourth-order valence-electron chi connectivity index (χ4n) is 2.68. The Morgan fingerprint density at radius 2 is 2.08 bits per heavy atom. The maximum absolute atomic E-state index is 12.9. The zero-order valence-electron chi connectivity index (χ0n) is 14.6. The second-order valence-electron chi connectivity index (χ2n) is 6.16. The van der Waals surface area contributed by atoms with Gasteiger partial charge in [-0.05, 0) is 37.0 Å². The number of aromatic nitrogens is 2. The highest BCUT2D eigenvalue weighted by atomic mass is 32.1.